The Morgan fingerprint density at radius 3 is 2.46 bits per heavy atom. The van der Waals surface area contributed by atoms with Crippen molar-refractivity contribution in [2.24, 2.45) is 5.92 Å². The SMILES string of the molecule is COC(=O)c1c(C)cc(N2CCN(C(=O)c3cnc(NCC4CCCCC4)c(C(C)C)n3)C(C)(C)C2)nc1C. The van der Waals surface area contributed by atoms with Crippen LogP contribution >= 0.6 is 0 Å². The van der Waals surface area contributed by atoms with E-state index in [2.05, 4.69) is 42.9 Å². The summed E-state index contributed by atoms with van der Waals surface area (Å²) in [5.74, 6) is 1.94. The average Bonchev–Trinajstić information content (AvgIpc) is 2.90. The molecular formula is C30H44N6O3. The molecule has 1 saturated heterocycles. The van der Waals surface area contributed by atoms with E-state index in [0.29, 0.717) is 42.5 Å². The lowest BCUT2D eigenvalue weighted by atomic mass is 9.89. The molecule has 2 aromatic rings. The first-order valence-electron chi connectivity index (χ1n) is 14.3. The van der Waals surface area contributed by atoms with Gasteiger partial charge in [0.25, 0.3) is 5.91 Å². The van der Waals surface area contributed by atoms with E-state index in [1.165, 1.54) is 39.2 Å². The van der Waals surface area contributed by atoms with Crippen molar-refractivity contribution < 1.29 is 14.3 Å². The van der Waals surface area contributed by atoms with Gasteiger partial charge in [0.15, 0.2) is 0 Å². The molecule has 1 N–H and O–H groups in total. The number of pyridine rings is 1. The predicted molar refractivity (Wildman–Crippen MR) is 154 cm³/mol. The van der Waals surface area contributed by atoms with E-state index in [1.807, 2.05) is 24.8 Å². The Kier molecular flexibility index (Phi) is 8.76. The summed E-state index contributed by atoms with van der Waals surface area (Å²) >= 11 is 0. The van der Waals surface area contributed by atoms with Crippen LogP contribution in [0.5, 0.6) is 0 Å². The fourth-order valence-corrected chi connectivity index (χ4v) is 5.93. The fraction of sp³-hybridized carbons (Fsp3) is 0.633. The largest absolute Gasteiger partial charge is 0.465 e. The van der Waals surface area contributed by atoms with Crippen LogP contribution in [0.2, 0.25) is 0 Å². The Bertz CT molecular complexity index is 1180. The van der Waals surface area contributed by atoms with Gasteiger partial charge in [0.2, 0.25) is 0 Å². The van der Waals surface area contributed by atoms with Crippen LogP contribution in [0.1, 0.15) is 104 Å². The van der Waals surface area contributed by atoms with Gasteiger partial charge in [0.05, 0.1) is 35.8 Å². The first-order chi connectivity index (χ1) is 18.5. The molecule has 2 aliphatic rings. The maximum absolute atomic E-state index is 13.7. The molecule has 9 heteroatoms. The lowest BCUT2D eigenvalue weighted by Crippen LogP contribution is -2.61. The van der Waals surface area contributed by atoms with Gasteiger partial charge in [0, 0.05) is 26.2 Å². The average molecular weight is 537 g/mol. The molecule has 0 aromatic carbocycles. The van der Waals surface area contributed by atoms with Crippen LogP contribution < -0.4 is 10.2 Å². The van der Waals surface area contributed by atoms with Crippen molar-refractivity contribution >= 4 is 23.5 Å². The van der Waals surface area contributed by atoms with Gasteiger partial charge in [-0.3, -0.25) is 4.79 Å². The number of aryl methyl sites for hydroxylation is 2. The third-order valence-corrected chi connectivity index (χ3v) is 8.09. The number of methoxy groups -OCH3 is 1. The van der Waals surface area contributed by atoms with Gasteiger partial charge < -0.3 is 19.9 Å². The smallest absolute Gasteiger partial charge is 0.339 e. The second-order valence-corrected chi connectivity index (χ2v) is 12.0. The van der Waals surface area contributed by atoms with Crippen molar-refractivity contribution in [3.05, 3.63) is 40.5 Å². The van der Waals surface area contributed by atoms with Gasteiger partial charge in [-0.25, -0.2) is 19.7 Å². The standard InChI is InChI=1S/C30H44N6O3/c1-19(2)26-27(31-16-22-11-9-8-10-12-22)32-17-23(34-26)28(37)36-14-13-35(18-30(36,5)6)24-15-20(3)25(21(4)33-24)29(38)39-7/h15,17,19,22H,8-14,16,18H2,1-7H3,(H,31,32). The number of aromatic nitrogens is 3. The Labute approximate surface area is 232 Å². The highest BCUT2D eigenvalue weighted by atomic mass is 16.5. The Morgan fingerprint density at radius 2 is 1.85 bits per heavy atom. The molecule has 1 aliphatic carbocycles. The van der Waals surface area contributed by atoms with E-state index < -0.39 is 5.54 Å². The molecule has 0 spiro atoms. The van der Waals surface area contributed by atoms with E-state index in [9.17, 15) is 9.59 Å². The zero-order valence-corrected chi connectivity index (χ0v) is 24.6. The number of amides is 1. The molecule has 1 aliphatic heterocycles. The van der Waals surface area contributed by atoms with Crippen LogP contribution in [0.4, 0.5) is 11.6 Å². The quantitative estimate of drug-likeness (QED) is 0.486. The highest BCUT2D eigenvalue weighted by Crippen LogP contribution is 2.30. The number of hydrogen-bond acceptors (Lipinski definition) is 8. The summed E-state index contributed by atoms with van der Waals surface area (Å²) < 4.78 is 4.92. The Balaban J connectivity index is 1.49. The van der Waals surface area contributed by atoms with Gasteiger partial charge >= 0.3 is 5.97 Å². The summed E-state index contributed by atoms with van der Waals surface area (Å²) in [6, 6.07) is 1.92. The van der Waals surface area contributed by atoms with Crippen molar-refractivity contribution in [3.63, 3.8) is 0 Å². The van der Waals surface area contributed by atoms with Gasteiger partial charge in [-0.1, -0.05) is 33.1 Å². The first-order valence-corrected chi connectivity index (χ1v) is 14.3. The summed E-state index contributed by atoms with van der Waals surface area (Å²) in [6.45, 7) is 14.7. The molecule has 0 radical (unpaired) electrons. The van der Waals surface area contributed by atoms with Crippen LogP contribution in [-0.4, -0.2) is 70.6 Å². The minimum absolute atomic E-state index is 0.103. The lowest BCUT2D eigenvalue weighted by molar-refractivity contribution is 0.0505. The molecule has 2 aromatic heterocycles. The maximum atomic E-state index is 13.7. The van der Waals surface area contributed by atoms with Gasteiger partial charge in [-0.05, 0) is 64.0 Å². The number of hydrogen-bond donors (Lipinski definition) is 1. The van der Waals surface area contributed by atoms with Crippen LogP contribution in [-0.2, 0) is 4.74 Å². The normalized spacial score (nSPS) is 17.8. The molecule has 39 heavy (non-hydrogen) atoms. The number of ether oxygens (including phenoxy) is 1. The van der Waals surface area contributed by atoms with E-state index >= 15 is 0 Å². The van der Waals surface area contributed by atoms with E-state index in [1.54, 1.807) is 6.20 Å². The van der Waals surface area contributed by atoms with Gasteiger partial charge in [-0.2, -0.15) is 0 Å². The molecule has 0 bridgehead atoms. The first kappa shape index (κ1) is 28.8. The number of nitrogens with zero attached hydrogens (tertiary/aromatic N) is 5. The summed E-state index contributed by atoms with van der Waals surface area (Å²) in [4.78, 5) is 44.2. The monoisotopic (exact) mass is 536 g/mol. The molecule has 0 unspecified atom stereocenters. The number of piperazine rings is 1. The minimum Gasteiger partial charge on any atom is -0.465 e. The maximum Gasteiger partial charge on any atom is 0.339 e. The summed E-state index contributed by atoms with van der Waals surface area (Å²) in [5, 5.41) is 3.53. The Morgan fingerprint density at radius 1 is 1.13 bits per heavy atom. The molecule has 1 saturated carbocycles. The van der Waals surface area contributed by atoms with Crippen molar-refractivity contribution in [1.82, 2.24) is 19.9 Å². The topological polar surface area (TPSA) is 101 Å². The van der Waals surface area contributed by atoms with Crippen LogP contribution in [0, 0.1) is 19.8 Å². The lowest BCUT2D eigenvalue weighted by Gasteiger charge is -2.47. The molecule has 2 fully saturated rings. The summed E-state index contributed by atoms with van der Waals surface area (Å²) in [5.41, 5.74) is 2.74. The predicted octanol–water partition coefficient (Wildman–Crippen LogP) is 5.13. The number of nitrogens with one attached hydrogen (secondary N) is 1. The Hall–Kier alpha value is -3.23. The fourth-order valence-electron chi connectivity index (χ4n) is 5.93. The summed E-state index contributed by atoms with van der Waals surface area (Å²) in [6.07, 6.45) is 8.10. The number of esters is 1. The molecular weight excluding hydrogens is 492 g/mol. The molecule has 212 valence electrons. The molecule has 9 nitrogen and oxygen atoms in total. The zero-order chi connectivity index (χ0) is 28.3. The van der Waals surface area contributed by atoms with Crippen LogP contribution in [0.3, 0.4) is 0 Å². The number of carbonyl (C=O) groups excluding carboxylic acids is 2. The highest BCUT2D eigenvalue weighted by Gasteiger charge is 2.38. The van der Waals surface area contributed by atoms with Crippen molar-refractivity contribution in [3.8, 4) is 0 Å². The second kappa shape index (κ2) is 11.9. The minimum atomic E-state index is -0.461. The van der Waals surface area contributed by atoms with Crippen molar-refractivity contribution in [1.29, 1.82) is 0 Å². The zero-order valence-electron chi connectivity index (χ0n) is 24.6. The van der Waals surface area contributed by atoms with Crippen molar-refractivity contribution in [2.45, 2.75) is 85.1 Å². The summed E-state index contributed by atoms with van der Waals surface area (Å²) in [7, 11) is 1.38. The highest BCUT2D eigenvalue weighted by molar-refractivity contribution is 5.93. The number of carbonyl (C=O) groups is 2. The third kappa shape index (κ3) is 6.34. The molecule has 3 heterocycles. The van der Waals surface area contributed by atoms with Gasteiger partial charge in [0.1, 0.15) is 17.3 Å². The molecule has 1 amide bonds. The van der Waals surface area contributed by atoms with Crippen LogP contribution in [0.15, 0.2) is 12.3 Å². The molecule has 4 rings (SSSR count). The third-order valence-electron chi connectivity index (χ3n) is 8.09. The van der Waals surface area contributed by atoms with E-state index in [0.717, 1.165) is 29.4 Å². The van der Waals surface area contributed by atoms with Gasteiger partial charge in [-0.15, -0.1) is 0 Å². The van der Waals surface area contributed by atoms with E-state index in [-0.39, 0.29) is 17.8 Å². The van der Waals surface area contributed by atoms with E-state index in [4.69, 9.17) is 14.7 Å². The molecule has 0 atom stereocenters. The number of rotatable bonds is 7. The second-order valence-electron chi connectivity index (χ2n) is 12.0. The van der Waals surface area contributed by atoms with Crippen molar-refractivity contribution in [2.75, 3.05) is 43.5 Å². The number of anilines is 2. The van der Waals surface area contributed by atoms with Crippen LogP contribution in [0.25, 0.3) is 0 Å².